The van der Waals surface area contributed by atoms with E-state index in [9.17, 15) is 4.79 Å². The molecule has 1 saturated carbocycles. The fourth-order valence-electron chi connectivity index (χ4n) is 2.32. The van der Waals surface area contributed by atoms with Crippen molar-refractivity contribution in [2.45, 2.75) is 39.0 Å². The number of allylic oxidation sites excluding steroid dienone is 2. The maximum atomic E-state index is 11.0. The highest BCUT2D eigenvalue weighted by atomic mass is 16.1. The molecule has 60 valence electrons. The molecule has 0 bridgehead atoms. The lowest BCUT2D eigenvalue weighted by Gasteiger charge is -2.36. The minimum Gasteiger partial charge on any atom is -0.295 e. The first kappa shape index (κ1) is 7.08. The highest BCUT2D eigenvalue weighted by Gasteiger charge is 2.32. The molecule has 0 aromatic rings. The summed E-state index contributed by atoms with van der Waals surface area (Å²) in [5.41, 5.74) is 2.67. The highest BCUT2D eigenvalue weighted by molar-refractivity contribution is 5.95. The monoisotopic (exact) mass is 150 g/mol. The molecule has 2 rings (SSSR count). The van der Waals surface area contributed by atoms with Gasteiger partial charge in [-0.15, -0.1) is 0 Å². The van der Waals surface area contributed by atoms with Crippen LogP contribution in [-0.4, -0.2) is 5.78 Å². The zero-order chi connectivity index (χ0) is 7.84. The summed E-state index contributed by atoms with van der Waals surface area (Å²) in [5.74, 6) is 1.13. The van der Waals surface area contributed by atoms with Gasteiger partial charge in [-0.1, -0.05) is 12.0 Å². The van der Waals surface area contributed by atoms with E-state index in [1.165, 1.54) is 31.3 Å². The van der Waals surface area contributed by atoms with Crippen molar-refractivity contribution in [2.75, 3.05) is 0 Å². The smallest absolute Gasteiger partial charge is 0.155 e. The Hall–Kier alpha value is -0.590. The molecule has 1 unspecified atom stereocenters. The van der Waals surface area contributed by atoms with Gasteiger partial charge in [0.25, 0.3) is 0 Å². The highest BCUT2D eigenvalue weighted by Crippen LogP contribution is 2.44. The SMILES string of the molecule is CC(=O)C1=C2CCCCC2C1. The number of ketones is 1. The van der Waals surface area contributed by atoms with Crippen molar-refractivity contribution in [1.29, 1.82) is 0 Å². The normalized spacial score (nSPS) is 29.4. The Balaban J connectivity index is 2.18. The number of hydrogen-bond donors (Lipinski definition) is 0. The second-order valence-electron chi connectivity index (χ2n) is 3.71. The van der Waals surface area contributed by atoms with Gasteiger partial charge in [0.15, 0.2) is 5.78 Å². The van der Waals surface area contributed by atoms with Crippen LogP contribution in [0.1, 0.15) is 39.0 Å². The molecule has 0 radical (unpaired) electrons. The summed E-state index contributed by atoms with van der Waals surface area (Å²) in [6.07, 6.45) is 6.32. The third kappa shape index (κ3) is 1.03. The molecule has 2 aliphatic carbocycles. The second kappa shape index (κ2) is 2.47. The Kier molecular flexibility index (Phi) is 1.59. The van der Waals surface area contributed by atoms with Crippen molar-refractivity contribution in [1.82, 2.24) is 0 Å². The van der Waals surface area contributed by atoms with E-state index in [2.05, 4.69) is 0 Å². The van der Waals surface area contributed by atoms with E-state index in [0.29, 0.717) is 5.78 Å². The number of fused-ring (bicyclic) bond motifs is 1. The molecule has 0 aromatic carbocycles. The Morgan fingerprint density at radius 1 is 1.45 bits per heavy atom. The molecular formula is C10H14O. The molecule has 0 aromatic heterocycles. The molecule has 11 heavy (non-hydrogen) atoms. The summed E-state index contributed by atoms with van der Waals surface area (Å²) < 4.78 is 0. The van der Waals surface area contributed by atoms with Crippen molar-refractivity contribution in [3.63, 3.8) is 0 Å². The van der Waals surface area contributed by atoms with E-state index in [4.69, 9.17) is 0 Å². The van der Waals surface area contributed by atoms with Crippen molar-refractivity contribution >= 4 is 5.78 Å². The van der Waals surface area contributed by atoms with E-state index in [-0.39, 0.29) is 0 Å². The summed E-state index contributed by atoms with van der Waals surface area (Å²) >= 11 is 0. The van der Waals surface area contributed by atoms with Crippen LogP contribution in [0, 0.1) is 5.92 Å². The minimum atomic E-state index is 0.318. The second-order valence-corrected chi connectivity index (χ2v) is 3.71. The Labute approximate surface area is 67.5 Å². The third-order valence-corrected chi connectivity index (χ3v) is 3.00. The molecule has 0 N–H and O–H groups in total. The van der Waals surface area contributed by atoms with Crippen LogP contribution in [0.2, 0.25) is 0 Å². The number of rotatable bonds is 1. The topological polar surface area (TPSA) is 17.1 Å². The molecule has 1 heteroatoms. The summed E-state index contributed by atoms with van der Waals surface area (Å²) in [4.78, 5) is 11.0. The van der Waals surface area contributed by atoms with E-state index in [0.717, 1.165) is 17.9 Å². The first-order valence-electron chi connectivity index (χ1n) is 4.52. The number of carbonyl (C=O) groups is 1. The summed E-state index contributed by atoms with van der Waals surface area (Å²) in [5, 5.41) is 0. The average molecular weight is 150 g/mol. The molecule has 0 heterocycles. The summed E-state index contributed by atoms with van der Waals surface area (Å²) in [6, 6.07) is 0. The Bertz CT molecular complexity index is 225. The number of hydrogen-bond acceptors (Lipinski definition) is 1. The third-order valence-electron chi connectivity index (χ3n) is 3.00. The molecule has 1 atom stereocenters. The first-order valence-corrected chi connectivity index (χ1v) is 4.52. The predicted molar refractivity (Wildman–Crippen MR) is 44.3 cm³/mol. The zero-order valence-corrected chi connectivity index (χ0v) is 7.02. The molecule has 0 spiro atoms. The van der Waals surface area contributed by atoms with Gasteiger partial charge in [0, 0.05) is 0 Å². The van der Waals surface area contributed by atoms with Crippen molar-refractivity contribution in [2.24, 2.45) is 5.92 Å². The van der Waals surface area contributed by atoms with Gasteiger partial charge in [-0.3, -0.25) is 4.79 Å². The van der Waals surface area contributed by atoms with Crippen LogP contribution in [0.4, 0.5) is 0 Å². The van der Waals surface area contributed by atoms with E-state index in [1.807, 2.05) is 0 Å². The van der Waals surface area contributed by atoms with Crippen LogP contribution < -0.4 is 0 Å². The van der Waals surface area contributed by atoms with Gasteiger partial charge in [-0.2, -0.15) is 0 Å². The quantitative estimate of drug-likeness (QED) is 0.561. The van der Waals surface area contributed by atoms with E-state index < -0.39 is 0 Å². The lowest BCUT2D eigenvalue weighted by molar-refractivity contribution is -0.114. The van der Waals surface area contributed by atoms with E-state index >= 15 is 0 Å². The molecule has 1 nitrogen and oxygen atoms in total. The standard InChI is InChI=1S/C10H14O/c1-7(11)10-6-8-4-2-3-5-9(8)10/h8H,2-6H2,1H3. The van der Waals surface area contributed by atoms with Crippen LogP contribution in [0.25, 0.3) is 0 Å². The van der Waals surface area contributed by atoms with Crippen molar-refractivity contribution in [3.8, 4) is 0 Å². The van der Waals surface area contributed by atoms with E-state index in [1.54, 1.807) is 6.92 Å². The van der Waals surface area contributed by atoms with Crippen LogP contribution in [0.3, 0.4) is 0 Å². The van der Waals surface area contributed by atoms with Gasteiger partial charge < -0.3 is 0 Å². The van der Waals surface area contributed by atoms with Crippen LogP contribution in [0.5, 0.6) is 0 Å². The molecular weight excluding hydrogens is 136 g/mol. The maximum Gasteiger partial charge on any atom is 0.155 e. The van der Waals surface area contributed by atoms with Gasteiger partial charge in [-0.05, 0) is 44.1 Å². The van der Waals surface area contributed by atoms with Gasteiger partial charge in [0.2, 0.25) is 0 Å². The van der Waals surface area contributed by atoms with Crippen LogP contribution in [0.15, 0.2) is 11.1 Å². The Morgan fingerprint density at radius 3 is 2.91 bits per heavy atom. The lowest BCUT2D eigenvalue weighted by atomic mass is 9.68. The fraction of sp³-hybridized carbons (Fsp3) is 0.700. The molecule has 0 aliphatic heterocycles. The Morgan fingerprint density at radius 2 is 2.27 bits per heavy atom. The fourth-order valence-corrected chi connectivity index (χ4v) is 2.32. The predicted octanol–water partition coefficient (Wildman–Crippen LogP) is 2.47. The van der Waals surface area contributed by atoms with Crippen LogP contribution >= 0.6 is 0 Å². The minimum absolute atomic E-state index is 0.318. The molecule has 1 fully saturated rings. The lowest BCUT2D eigenvalue weighted by Crippen LogP contribution is -2.25. The van der Waals surface area contributed by atoms with Gasteiger partial charge in [-0.25, -0.2) is 0 Å². The van der Waals surface area contributed by atoms with Gasteiger partial charge in [0.05, 0.1) is 0 Å². The van der Waals surface area contributed by atoms with Crippen LogP contribution in [-0.2, 0) is 4.79 Å². The largest absolute Gasteiger partial charge is 0.295 e. The van der Waals surface area contributed by atoms with Gasteiger partial charge in [0.1, 0.15) is 0 Å². The van der Waals surface area contributed by atoms with Crippen molar-refractivity contribution < 1.29 is 4.79 Å². The summed E-state index contributed by atoms with van der Waals surface area (Å²) in [7, 11) is 0. The molecule has 0 saturated heterocycles. The zero-order valence-electron chi connectivity index (χ0n) is 7.02. The first-order chi connectivity index (χ1) is 5.29. The molecule has 2 aliphatic rings. The van der Waals surface area contributed by atoms with Crippen molar-refractivity contribution in [3.05, 3.63) is 11.1 Å². The average Bonchev–Trinajstić information content (AvgIpc) is 1.90. The van der Waals surface area contributed by atoms with Gasteiger partial charge >= 0.3 is 0 Å². The molecule has 0 amide bonds. The number of carbonyl (C=O) groups excluding carboxylic acids is 1. The number of Topliss-reactive ketones (excluding diaryl/α,β-unsaturated/α-hetero) is 1. The maximum absolute atomic E-state index is 11.0. The summed E-state index contributed by atoms with van der Waals surface area (Å²) in [6.45, 7) is 1.70.